The van der Waals surface area contributed by atoms with Crippen LogP contribution in [0.5, 0.6) is 0 Å². The van der Waals surface area contributed by atoms with Crippen molar-refractivity contribution >= 4 is 12.1 Å². The Kier molecular flexibility index (Phi) is 3.49. The van der Waals surface area contributed by atoms with Crippen molar-refractivity contribution in [2.45, 2.75) is 13.8 Å². The summed E-state index contributed by atoms with van der Waals surface area (Å²) in [7, 11) is 0. The van der Waals surface area contributed by atoms with Crippen molar-refractivity contribution < 1.29 is 19.2 Å². The van der Waals surface area contributed by atoms with Crippen molar-refractivity contribution in [3.05, 3.63) is 0 Å². The minimum atomic E-state index is -0.968. The molecule has 0 bridgehead atoms. The molecular formula is C6H12N2O4. The molecule has 0 saturated heterocycles. The molecule has 0 heterocycles. The number of hydrogen-bond acceptors (Lipinski definition) is 5. The highest BCUT2D eigenvalue weighted by molar-refractivity contribution is 5.76. The molecule has 0 fully saturated rings. The van der Waals surface area contributed by atoms with Crippen molar-refractivity contribution in [1.82, 2.24) is 0 Å². The van der Waals surface area contributed by atoms with Crippen LogP contribution in [-0.2, 0) is 14.4 Å². The lowest BCUT2D eigenvalue weighted by molar-refractivity contribution is -0.156. The van der Waals surface area contributed by atoms with Gasteiger partial charge in [-0.1, -0.05) is 0 Å². The molecular weight excluding hydrogens is 164 g/mol. The standard InChI is InChI=1S/C6H12N2O4/c1-6(2,4(9)12-8)3-11-5(7)10/h3,8H2,1-2H3,(H2,7,10). The van der Waals surface area contributed by atoms with Crippen LogP contribution in [-0.4, -0.2) is 18.7 Å². The molecule has 0 aliphatic heterocycles. The van der Waals surface area contributed by atoms with Crippen molar-refractivity contribution in [3.8, 4) is 0 Å². The number of carbonyl (C=O) groups is 2. The largest absolute Gasteiger partial charge is 0.449 e. The Morgan fingerprint density at radius 2 is 1.92 bits per heavy atom. The summed E-state index contributed by atoms with van der Waals surface area (Å²) in [4.78, 5) is 25.0. The first kappa shape index (κ1) is 10.7. The number of nitrogens with two attached hydrogens (primary N) is 2. The van der Waals surface area contributed by atoms with Gasteiger partial charge in [0.05, 0.1) is 5.41 Å². The first-order chi connectivity index (χ1) is 5.40. The Morgan fingerprint density at radius 1 is 1.42 bits per heavy atom. The molecule has 0 aromatic carbocycles. The Hall–Kier alpha value is -1.30. The van der Waals surface area contributed by atoms with Crippen LogP contribution in [0.2, 0.25) is 0 Å². The fraction of sp³-hybridized carbons (Fsp3) is 0.667. The van der Waals surface area contributed by atoms with E-state index in [1.165, 1.54) is 13.8 Å². The smallest absolute Gasteiger partial charge is 0.404 e. The van der Waals surface area contributed by atoms with Crippen LogP contribution in [0.25, 0.3) is 0 Å². The number of hydrogen-bond donors (Lipinski definition) is 2. The zero-order valence-corrected chi connectivity index (χ0v) is 6.99. The number of primary amides is 1. The Labute approximate surface area is 69.7 Å². The Bertz CT molecular complexity index is 190. The van der Waals surface area contributed by atoms with Crippen LogP contribution in [0, 0.1) is 5.41 Å². The van der Waals surface area contributed by atoms with Crippen LogP contribution in [0.1, 0.15) is 13.8 Å². The SMILES string of the molecule is CC(C)(COC(N)=O)C(=O)ON. The summed E-state index contributed by atoms with van der Waals surface area (Å²) in [5, 5.41) is 0. The van der Waals surface area contributed by atoms with E-state index >= 15 is 0 Å². The van der Waals surface area contributed by atoms with E-state index in [4.69, 9.17) is 5.73 Å². The summed E-state index contributed by atoms with van der Waals surface area (Å²) in [6.07, 6.45) is -0.937. The highest BCUT2D eigenvalue weighted by atomic mass is 16.7. The topological polar surface area (TPSA) is 105 Å². The Balaban J connectivity index is 4.03. The van der Waals surface area contributed by atoms with Crippen LogP contribution < -0.4 is 11.6 Å². The normalized spacial score (nSPS) is 10.6. The molecule has 4 N–H and O–H groups in total. The molecule has 0 unspecified atom stereocenters. The van der Waals surface area contributed by atoms with E-state index in [9.17, 15) is 9.59 Å². The molecule has 0 aromatic rings. The maximum Gasteiger partial charge on any atom is 0.404 e. The lowest BCUT2D eigenvalue weighted by atomic mass is 9.95. The van der Waals surface area contributed by atoms with Gasteiger partial charge in [0, 0.05) is 0 Å². The zero-order valence-electron chi connectivity index (χ0n) is 6.99. The second-order valence-corrected chi connectivity index (χ2v) is 2.90. The fourth-order valence-corrected chi connectivity index (χ4v) is 0.470. The average molecular weight is 176 g/mol. The van der Waals surface area contributed by atoms with E-state index in [-0.39, 0.29) is 6.61 Å². The second-order valence-electron chi connectivity index (χ2n) is 2.90. The fourth-order valence-electron chi connectivity index (χ4n) is 0.470. The number of rotatable bonds is 3. The van der Waals surface area contributed by atoms with E-state index in [1.54, 1.807) is 0 Å². The van der Waals surface area contributed by atoms with Crippen LogP contribution in [0.4, 0.5) is 4.79 Å². The van der Waals surface area contributed by atoms with Crippen LogP contribution in [0.3, 0.4) is 0 Å². The van der Waals surface area contributed by atoms with Crippen LogP contribution >= 0.6 is 0 Å². The van der Waals surface area contributed by atoms with E-state index in [2.05, 4.69) is 15.5 Å². The lowest BCUT2D eigenvalue weighted by Gasteiger charge is -2.19. The highest BCUT2D eigenvalue weighted by Crippen LogP contribution is 2.16. The van der Waals surface area contributed by atoms with Gasteiger partial charge in [-0.25, -0.2) is 9.59 Å². The second kappa shape index (κ2) is 3.91. The first-order valence-corrected chi connectivity index (χ1v) is 3.23. The van der Waals surface area contributed by atoms with Crippen molar-refractivity contribution in [1.29, 1.82) is 0 Å². The number of ether oxygens (including phenoxy) is 1. The van der Waals surface area contributed by atoms with E-state index in [1.807, 2.05) is 0 Å². The summed E-state index contributed by atoms with van der Waals surface area (Å²) >= 11 is 0. The van der Waals surface area contributed by atoms with Crippen molar-refractivity contribution in [3.63, 3.8) is 0 Å². The van der Waals surface area contributed by atoms with E-state index < -0.39 is 17.5 Å². The molecule has 6 heteroatoms. The maximum atomic E-state index is 10.9. The monoisotopic (exact) mass is 176 g/mol. The highest BCUT2D eigenvalue weighted by Gasteiger charge is 2.30. The molecule has 1 amide bonds. The number of amides is 1. The third kappa shape index (κ3) is 3.20. The summed E-state index contributed by atoms with van der Waals surface area (Å²) < 4.78 is 4.41. The minimum absolute atomic E-state index is 0.154. The zero-order chi connectivity index (χ0) is 9.78. The van der Waals surface area contributed by atoms with E-state index in [0.29, 0.717) is 0 Å². The molecule has 70 valence electrons. The van der Waals surface area contributed by atoms with Crippen LogP contribution in [0.15, 0.2) is 0 Å². The van der Waals surface area contributed by atoms with Gasteiger partial charge in [-0.3, -0.25) is 0 Å². The van der Waals surface area contributed by atoms with Gasteiger partial charge in [-0.15, -0.1) is 0 Å². The quantitative estimate of drug-likeness (QED) is 0.565. The molecule has 12 heavy (non-hydrogen) atoms. The van der Waals surface area contributed by atoms with Gasteiger partial charge in [0.15, 0.2) is 0 Å². The predicted octanol–water partition coefficient (Wildman–Crippen LogP) is -0.475. The van der Waals surface area contributed by atoms with Gasteiger partial charge in [0.2, 0.25) is 0 Å². The molecule has 0 radical (unpaired) electrons. The summed E-state index contributed by atoms with van der Waals surface area (Å²) in [6.45, 7) is 2.88. The minimum Gasteiger partial charge on any atom is -0.449 e. The first-order valence-electron chi connectivity index (χ1n) is 3.23. The van der Waals surface area contributed by atoms with Crippen molar-refractivity contribution in [2.24, 2.45) is 17.0 Å². The summed E-state index contributed by atoms with van der Waals surface area (Å²) in [5.41, 5.74) is 3.73. The lowest BCUT2D eigenvalue weighted by Crippen LogP contribution is -2.35. The Morgan fingerprint density at radius 3 is 2.25 bits per heavy atom. The molecule has 0 aliphatic carbocycles. The molecule has 0 spiro atoms. The third-order valence-corrected chi connectivity index (χ3v) is 1.23. The van der Waals surface area contributed by atoms with Gasteiger partial charge in [0.1, 0.15) is 6.61 Å². The van der Waals surface area contributed by atoms with Gasteiger partial charge < -0.3 is 15.3 Å². The summed E-state index contributed by atoms with van der Waals surface area (Å²) in [6, 6.07) is 0. The van der Waals surface area contributed by atoms with Gasteiger partial charge in [-0.05, 0) is 13.8 Å². The number of carbonyl (C=O) groups excluding carboxylic acids is 2. The van der Waals surface area contributed by atoms with Crippen molar-refractivity contribution in [2.75, 3.05) is 6.61 Å². The molecule has 0 aromatic heterocycles. The predicted molar refractivity (Wildman–Crippen MR) is 39.6 cm³/mol. The summed E-state index contributed by atoms with van der Waals surface area (Å²) in [5.74, 6) is 3.98. The van der Waals surface area contributed by atoms with Gasteiger partial charge >= 0.3 is 12.1 Å². The molecule has 6 nitrogen and oxygen atoms in total. The average Bonchev–Trinajstić information content (AvgIpc) is 1.99. The molecule has 0 saturated carbocycles. The third-order valence-electron chi connectivity index (χ3n) is 1.23. The van der Waals surface area contributed by atoms with E-state index in [0.717, 1.165) is 0 Å². The molecule has 0 aliphatic rings. The molecule has 0 atom stereocenters. The van der Waals surface area contributed by atoms with Gasteiger partial charge in [-0.2, -0.15) is 5.90 Å². The maximum absolute atomic E-state index is 10.9. The van der Waals surface area contributed by atoms with Gasteiger partial charge in [0.25, 0.3) is 0 Å². The molecule has 0 rings (SSSR count).